The lowest BCUT2D eigenvalue weighted by Gasteiger charge is -2.30. The smallest absolute Gasteiger partial charge is 0.341 e. The molecule has 8 heteroatoms. The third kappa shape index (κ3) is 2.71. The van der Waals surface area contributed by atoms with E-state index in [9.17, 15) is 19.5 Å². The van der Waals surface area contributed by atoms with Crippen LogP contribution in [-0.2, 0) is 27.2 Å². The Morgan fingerprint density at radius 2 is 2.12 bits per heavy atom. The predicted octanol–water partition coefficient (Wildman–Crippen LogP) is 0.0374. The van der Waals surface area contributed by atoms with Crippen LogP contribution < -0.4 is 5.56 Å². The van der Waals surface area contributed by atoms with Crippen LogP contribution in [0, 0.1) is 0 Å². The zero-order chi connectivity index (χ0) is 17.4. The third-order valence-electron chi connectivity index (χ3n) is 4.74. The summed E-state index contributed by atoms with van der Waals surface area (Å²) in [5, 5.41) is 9.53. The number of carboxylic acid groups (broad SMARTS) is 1. The second-order valence-corrected chi connectivity index (χ2v) is 6.09. The van der Waals surface area contributed by atoms with E-state index in [0.29, 0.717) is 37.2 Å². The number of ether oxygens (including phenoxy) is 2. The van der Waals surface area contributed by atoms with Gasteiger partial charge in [-0.15, -0.1) is 0 Å². The van der Waals surface area contributed by atoms with Crippen molar-refractivity contribution in [2.24, 2.45) is 0 Å². The molecule has 3 heterocycles. The molecule has 2 aliphatic heterocycles. The van der Waals surface area contributed by atoms with E-state index in [1.54, 1.807) is 11.1 Å². The number of methoxy groups -OCH3 is 1. The summed E-state index contributed by atoms with van der Waals surface area (Å²) < 4.78 is 12.1. The number of hydrogen-bond donors (Lipinski definition) is 1. The zero-order valence-corrected chi connectivity index (χ0v) is 13.7. The maximum atomic E-state index is 12.7. The van der Waals surface area contributed by atoms with Crippen LogP contribution in [0.3, 0.4) is 0 Å². The molecule has 1 aromatic heterocycles. The Hall–Kier alpha value is -2.19. The van der Waals surface area contributed by atoms with E-state index in [-0.39, 0.29) is 30.2 Å². The first-order valence-electron chi connectivity index (χ1n) is 7.80. The number of aromatic carboxylic acids is 1. The highest BCUT2D eigenvalue weighted by Gasteiger charge is 2.34. The monoisotopic (exact) mass is 336 g/mol. The Morgan fingerprint density at radius 3 is 2.75 bits per heavy atom. The molecule has 1 amide bonds. The fourth-order valence-corrected chi connectivity index (χ4v) is 3.42. The summed E-state index contributed by atoms with van der Waals surface area (Å²) in [6.07, 6.45) is 1.71. The Kier molecular flexibility index (Phi) is 4.42. The molecule has 0 saturated carbocycles. The molecule has 0 aliphatic carbocycles. The van der Waals surface area contributed by atoms with Gasteiger partial charge in [0.05, 0.1) is 19.3 Å². The van der Waals surface area contributed by atoms with Crippen molar-refractivity contribution in [1.29, 1.82) is 0 Å². The Labute approximate surface area is 138 Å². The first kappa shape index (κ1) is 16.7. The lowest BCUT2D eigenvalue weighted by Crippen LogP contribution is -2.41. The van der Waals surface area contributed by atoms with Gasteiger partial charge in [-0.2, -0.15) is 0 Å². The summed E-state index contributed by atoms with van der Waals surface area (Å²) >= 11 is 0. The van der Waals surface area contributed by atoms with E-state index in [2.05, 4.69) is 0 Å². The number of aromatic nitrogens is 1. The van der Waals surface area contributed by atoms with Crippen molar-refractivity contribution in [3.05, 3.63) is 33.2 Å². The molecule has 2 aliphatic rings. The predicted molar refractivity (Wildman–Crippen MR) is 83.1 cm³/mol. The van der Waals surface area contributed by atoms with E-state index >= 15 is 0 Å². The molecule has 1 saturated heterocycles. The van der Waals surface area contributed by atoms with Crippen molar-refractivity contribution in [1.82, 2.24) is 9.47 Å². The molecule has 0 unspecified atom stereocenters. The second-order valence-electron chi connectivity index (χ2n) is 6.09. The van der Waals surface area contributed by atoms with E-state index in [1.807, 2.05) is 0 Å². The molecule has 3 rings (SSSR count). The molecule has 24 heavy (non-hydrogen) atoms. The van der Waals surface area contributed by atoms with Crippen LogP contribution >= 0.6 is 0 Å². The van der Waals surface area contributed by atoms with Crippen molar-refractivity contribution >= 4 is 11.9 Å². The average Bonchev–Trinajstić information content (AvgIpc) is 3.01. The highest BCUT2D eigenvalue weighted by atomic mass is 16.5. The molecule has 8 nitrogen and oxygen atoms in total. The van der Waals surface area contributed by atoms with Gasteiger partial charge >= 0.3 is 5.97 Å². The van der Waals surface area contributed by atoms with E-state index in [1.165, 1.54) is 18.6 Å². The van der Waals surface area contributed by atoms with Gasteiger partial charge in [0.2, 0.25) is 5.91 Å². The fourth-order valence-electron chi connectivity index (χ4n) is 3.42. The number of amides is 1. The van der Waals surface area contributed by atoms with Crippen LogP contribution in [0.2, 0.25) is 0 Å². The van der Waals surface area contributed by atoms with Crippen molar-refractivity contribution in [2.45, 2.75) is 32.0 Å². The largest absolute Gasteiger partial charge is 0.477 e. The quantitative estimate of drug-likeness (QED) is 0.837. The number of nitrogens with zero attached hydrogens (tertiary/aromatic N) is 2. The van der Waals surface area contributed by atoms with Crippen LogP contribution in [0.5, 0.6) is 0 Å². The van der Waals surface area contributed by atoms with Crippen LogP contribution in [0.1, 0.15) is 34.5 Å². The SMILES string of the molecule is CO[C@@H]1COC[C@@H]1n1cc2c(c(C(=O)O)c1=O)CCN(C(C)=O)C2. The maximum absolute atomic E-state index is 12.7. The minimum Gasteiger partial charge on any atom is -0.477 e. The first-order chi connectivity index (χ1) is 11.4. The second kappa shape index (κ2) is 6.37. The molecule has 0 bridgehead atoms. The fraction of sp³-hybridized carbons (Fsp3) is 0.562. The molecular weight excluding hydrogens is 316 g/mol. The third-order valence-corrected chi connectivity index (χ3v) is 4.74. The topological polar surface area (TPSA) is 98.1 Å². The van der Waals surface area contributed by atoms with Crippen molar-refractivity contribution in [3.63, 3.8) is 0 Å². The Morgan fingerprint density at radius 1 is 1.38 bits per heavy atom. The minimum atomic E-state index is -1.24. The molecule has 1 N–H and O–H groups in total. The van der Waals surface area contributed by atoms with Gasteiger partial charge in [-0.05, 0) is 17.5 Å². The van der Waals surface area contributed by atoms with Crippen molar-refractivity contribution in [2.75, 3.05) is 26.9 Å². The van der Waals surface area contributed by atoms with Gasteiger partial charge < -0.3 is 24.0 Å². The highest BCUT2D eigenvalue weighted by Crippen LogP contribution is 2.25. The molecule has 0 radical (unpaired) electrons. The molecule has 1 fully saturated rings. The van der Waals surface area contributed by atoms with Crippen LogP contribution in [0.15, 0.2) is 11.0 Å². The summed E-state index contributed by atoms with van der Waals surface area (Å²) in [5.74, 6) is -1.32. The molecule has 130 valence electrons. The van der Waals surface area contributed by atoms with Gasteiger partial charge in [0.25, 0.3) is 5.56 Å². The van der Waals surface area contributed by atoms with Gasteiger partial charge in [0.15, 0.2) is 0 Å². The molecular formula is C16H20N2O6. The van der Waals surface area contributed by atoms with E-state index < -0.39 is 11.5 Å². The molecule has 2 atom stereocenters. The van der Waals surface area contributed by atoms with Gasteiger partial charge in [0.1, 0.15) is 11.7 Å². The van der Waals surface area contributed by atoms with Gasteiger partial charge in [0, 0.05) is 33.3 Å². The Balaban J connectivity index is 2.13. The number of carbonyl (C=O) groups is 2. The number of rotatable bonds is 3. The summed E-state index contributed by atoms with van der Waals surface area (Å²) in [6.45, 7) is 2.83. The number of pyridine rings is 1. The number of hydrogen-bond acceptors (Lipinski definition) is 5. The van der Waals surface area contributed by atoms with Crippen molar-refractivity contribution in [3.8, 4) is 0 Å². The Bertz CT molecular complexity index is 741. The lowest BCUT2D eigenvalue weighted by atomic mass is 9.96. The summed E-state index contributed by atoms with van der Waals surface area (Å²) in [4.78, 5) is 37.7. The lowest BCUT2D eigenvalue weighted by molar-refractivity contribution is -0.129. The maximum Gasteiger partial charge on any atom is 0.341 e. The van der Waals surface area contributed by atoms with Gasteiger partial charge in [-0.25, -0.2) is 4.79 Å². The normalized spacial score (nSPS) is 23.2. The summed E-state index contributed by atoms with van der Waals surface area (Å²) in [5.41, 5.74) is 0.455. The zero-order valence-electron chi connectivity index (χ0n) is 13.7. The average molecular weight is 336 g/mol. The standard InChI is InChI=1S/C16H20N2O6/c1-9(19)17-4-3-11-10(5-17)6-18(15(20)14(11)16(21)22)12-7-24-8-13(12)23-2/h6,12-13H,3-5,7-8H2,1-2H3,(H,21,22)/t12-,13+/m0/s1. The van der Waals surface area contributed by atoms with Gasteiger partial charge in [-0.3, -0.25) is 9.59 Å². The molecule has 0 spiro atoms. The number of carboxylic acids is 1. The summed E-state index contributed by atoms with van der Waals surface area (Å²) in [7, 11) is 1.53. The summed E-state index contributed by atoms with van der Waals surface area (Å²) in [6, 6.07) is -0.376. The van der Waals surface area contributed by atoms with Crippen LogP contribution in [0.25, 0.3) is 0 Å². The first-order valence-corrected chi connectivity index (χ1v) is 7.80. The van der Waals surface area contributed by atoms with E-state index in [4.69, 9.17) is 9.47 Å². The van der Waals surface area contributed by atoms with Gasteiger partial charge in [-0.1, -0.05) is 0 Å². The van der Waals surface area contributed by atoms with E-state index in [0.717, 1.165) is 0 Å². The molecule has 0 aromatic carbocycles. The van der Waals surface area contributed by atoms with Crippen molar-refractivity contribution < 1.29 is 24.2 Å². The highest BCUT2D eigenvalue weighted by molar-refractivity contribution is 5.89. The van der Waals surface area contributed by atoms with Crippen LogP contribution in [0.4, 0.5) is 0 Å². The number of carbonyl (C=O) groups excluding carboxylic acids is 1. The molecule has 1 aromatic rings. The number of fused-ring (bicyclic) bond motifs is 1. The van der Waals surface area contributed by atoms with Crippen LogP contribution in [-0.4, -0.2) is 59.4 Å². The minimum absolute atomic E-state index is 0.0748.